The first-order valence-corrected chi connectivity index (χ1v) is 8.00. The van der Waals surface area contributed by atoms with E-state index in [-0.39, 0.29) is 0 Å². The summed E-state index contributed by atoms with van der Waals surface area (Å²) >= 11 is 7.56. The summed E-state index contributed by atoms with van der Waals surface area (Å²) in [5, 5.41) is 0.728. The number of fused-ring (bicyclic) bond motifs is 1. The maximum absolute atomic E-state index is 5.46. The number of imidazole rings is 1. The van der Waals surface area contributed by atoms with Gasteiger partial charge in [0.05, 0.1) is 11.0 Å². The van der Waals surface area contributed by atoms with Gasteiger partial charge in [-0.15, -0.1) is 0 Å². The molecule has 1 fully saturated rings. The van der Waals surface area contributed by atoms with Crippen LogP contribution in [0.4, 0.5) is 0 Å². The lowest BCUT2D eigenvalue weighted by Crippen LogP contribution is -2.16. The maximum Gasteiger partial charge on any atom is 0.178 e. The number of benzene rings is 1. The van der Waals surface area contributed by atoms with Crippen LogP contribution in [0.3, 0.4) is 0 Å². The van der Waals surface area contributed by atoms with E-state index in [9.17, 15) is 0 Å². The zero-order valence-electron chi connectivity index (χ0n) is 10.6. The van der Waals surface area contributed by atoms with Crippen molar-refractivity contribution in [1.29, 1.82) is 0 Å². The van der Waals surface area contributed by atoms with Gasteiger partial charge in [0.2, 0.25) is 0 Å². The lowest BCUT2D eigenvalue weighted by Gasteiger charge is -2.21. The highest BCUT2D eigenvalue weighted by Gasteiger charge is 2.16. The molecule has 1 atom stereocenters. The van der Waals surface area contributed by atoms with Gasteiger partial charge < -0.3 is 9.55 Å². The second-order valence-corrected chi connectivity index (χ2v) is 6.84. The molecule has 1 aromatic carbocycles. The second-order valence-electron chi connectivity index (χ2n) is 5.05. The van der Waals surface area contributed by atoms with Crippen molar-refractivity contribution in [2.24, 2.45) is 0 Å². The number of nitrogens with one attached hydrogen (secondary N) is 1. The Hall–Kier alpha value is -0.740. The molecule has 18 heavy (non-hydrogen) atoms. The lowest BCUT2D eigenvalue weighted by molar-refractivity contribution is 0.588. The number of aromatic amines is 1. The number of aromatic nitrogens is 2. The van der Waals surface area contributed by atoms with Gasteiger partial charge in [-0.1, -0.05) is 12.5 Å². The van der Waals surface area contributed by atoms with E-state index in [1.807, 2.05) is 0 Å². The Morgan fingerprint density at radius 1 is 1.44 bits per heavy atom. The highest BCUT2D eigenvalue weighted by molar-refractivity contribution is 7.99. The monoisotopic (exact) mass is 278 g/mol. The second kappa shape index (κ2) is 5.10. The van der Waals surface area contributed by atoms with E-state index in [0.29, 0.717) is 0 Å². The normalized spacial score (nSPS) is 20.4. The Morgan fingerprint density at radius 2 is 2.33 bits per heavy atom. The van der Waals surface area contributed by atoms with Crippen molar-refractivity contribution in [1.82, 2.24) is 9.55 Å². The fourth-order valence-corrected chi connectivity index (χ4v) is 4.19. The third-order valence-electron chi connectivity index (χ3n) is 3.59. The summed E-state index contributed by atoms with van der Waals surface area (Å²) in [5.74, 6) is 1.31. The molecule has 1 aliphatic heterocycles. The van der Waals surface area contributed by atoms with Crippen LogP contribution in [0.15, 0.2) is 18.2 Å². The molecule has 0 bridgehead atoms. The molecular formula is C14H18N2S2. The lowest BCUT2D eigenvalue weighted by atomic mass is 10.2. The average molecular weight is 278 g/mol. The molecule has 0 saturated carbocycles. The minimum absolute atomic E-state index is 0.728. The van der Waals surface area contributed by atoms with Gasteiger partial charge in [-0.2, -0.15) is 11.8 Å². The molecule has 2 heterocycles. The van der Waals surface area contributed by atoms with Crippen molar-refractivity contribution in [3.05, 3.63) is 28.5 Å². The van der Waals surface area contributed by atoms with Crippen LogP contribution in [-0.2, 0) is 6.54 Å². The zero-order chi connectivity index (χ0) is 12.5. The van der Waals surface area contributed by atoms with Gasteiger partial charge in [-0.25, -0.2) is 0 Å². The van der Waals surface area contributed by atoms with Crippen LogP contribution >= 0.6 is 24.0 Å². The Labute approximate surface area is 117 Å². The van der Waals surface area contributed by atoms with Crippen LogP contribution < -0.4 is 0 Å². The minimum Gasteiger partial charge on any atom is -0.331 e. The molecule has 1 unspecified atom stereocenters. The summed E-state index contributed by atoms with van der Waals surface area (Å²) in [4.78, 5) is 3.33. The topological polar surface area (TPSA) is 20.7 Å². The summed E-state index contributed by atoms with van der Waals surface area (Å²) < 4.78 is 3.13. The molecule has 0 aliphatic carbocycles. The van der Waals surface area contributed by atoms with Crippen molar-refractivity contribution in [3.63, 3.8) is 0 Å². The Bertz CT molecular complexity index is 606. The highest BCUT2D eigenvalue weighted by Crippen LogP contribution is 2.27. The van der Waals surface area contributed by atoms with E-state index in [0.717, 1.165) is 16.6 Å². The van der Waals surface area contributed by atoms with Crippen molar-refractivity contribution in [2.45, 2.75) is 38.0 Å². The van der Waals surface area contributed by atoms with Crippen molar-refractivity contribution >= 4 is 35.0 Å². The maximum atomic E-state index is 5.46. The quantitative estimate of drug-likeness (QED) is 0.827. The van der Waals surface area contributed by atoms with Gasteiger partial charge in [0, 0.05) is 11.8 Å². The van der Waals surface area contributed by atoms with E-state index < -0.39 is 0 Å². The first-order chi connectivity index (χ1) is 8.74. The molecule has 3 rings (SSSR count). The van der Waals surface area contributed by atoms with E-state index in [4.69, 9.17) is 12.2 Å². The molecule has 1 saturated heterocycles. The minimum atomic E-state index is 0.728. The molecular weight excluding hydrogens is 260 g/mol. The number of hydrogen-bond acceptors (Lipinski definition) is 2. The fourth-order valence-electron chi connectivity index (χ4n) is 2.61. The Kier molecular flexibility index (Phi) is 3.48. The van der Waals surface area contributed by atoms with Crippen molar-refractivity contribution in [3.8, 4) is 0 Å². The Morgan fingerprint density at radius 3 is 3.11 bits per heavy atom. The van der Waals surface area contributed by atoms with Gasteiger partial charge in [-0.05, 0) is 55.4 Å². The molecule has 1 N–H and O–H groups in total. The number of thioether (sulfide) groups is 1. The summed E-state index contributed by atoms with van der Waals surface area (Å²) in [7, 11) is 0. The first-order valence-electron chi connectivity index (χ1n) is 6.55. The predicted molar refractivity (Wildman–Crippen MR) is 82.0 cm³/mol. The standard InChI is InChI=1S/C14H18N2S2/c1-10-5-6-13-12(8-10)15-14(17)16(13)9-11-4-2-3-7-18-11/h5-6,8,11H,2-4,7,9H2,1H3,(H,15,17). The summed E-state index contributed by atoms with van der Waals surface area (Å²) in [6, 6.07) is 6.52. The van der Waals surface area contributed by atoms with Crippen molar-refractivity contribution < 1.29 is 0 Å². The van der Waals surface area contributed by atoms with Gasteiger partial charge in [0.15, 0.2) is 4.77 Å². The zero-order valence-corrected chi connectivity index (χ0v) is 12.2. The smallest absolute Gasteiger partial charge is 0.178 e. The third kappa shape index (κ3) is 2.36. The van der Waals surface area contributed by atoms with Crippen LogP contribution in [0.5, 0.6) is 0 Å². The average Bonchev–Trinajstić information content (AvgIpc) is 2.66. The number of nitrogens with zero attached hydrogens (tertiary/aromatic N) is 1. The molecule has 96 valence electrons. The van der Waals surface area contributed by atoms with Gasteiger partial charge >= 0.3 is 0 Å². The molecule has 2 nitrogen and oxygen atoms in total. The summed E-state index contributed by atoms with van der Waals surface area (Å²) in [6.07, 6.45) is 4.07. The van der Waals surface area contributed by atoms with E-state index in [1.165, 1.54) is 41.6 Å². The fraction of sp³-hybridized carbons (Fsp3) is 0.500. The van der Waals surface area contributed by atoms with Crippen LogP contribution in [-0.4, -0.2) is 20.6 Å². The number of aryl methyl sites for hydroxylation is 1. The van der Waals surface area contributed by atoms with Gasteiger partial charge in [-0.3, -0.25) is 0 Å². The molecule has 0 radical (unpaired) electrons. The van der Waals surface area contributed by atoms with Crippen LogP contribution in [0, 0.1) is 11.7 Å². The molecule has 0 amide bonds. The van der Waals surface area contributed by atoms with Gasteiger partial charge in [0.1, 0.15) is 0 Å². The molecule has 1 aliphatic rings. The van der Waals surface area contributed by atoms with Crippen LogP contribution in [0.1, 0.15) is 24.8 Å². The van der Waals surface area contributed by atoms with E-state index in [1.54, 1.807) is 0 Å². The van der Waals surface area contributed by atoms with Crippen LogP contribution in [0.25, 0.3) is 11.0 Å². The number of rotatable bonds is 2. The number of hydrogen-bond donors (Lipinski definition) is 1. The van der Waals surface area contributed by atoms with Crippen molar-refractivity contribution in [2.75, 3.05) is 5.75 Å². The highest BCUT2D eigenvalue weighted by atomic mass is 32.2. The molecule has 0 spiro atoms. The molecule has 2 aromatic rings. The van der Waals surface area contributed by atoms with Gasteiger partial charge in [0.25, 0.3) is 0 Å². The number of H-pyrrole nitrogens is 1. The third-order valence-corrected chi connectivity index (χ3v) is 5.29. The largest absolute Gasteiger partial charge is 0.331 e. The van der Waals surface area contributed by atoms with E-state index >= 15 is 0 Å². The summed E-state index contributed by atoms with van der Waals surface area (Å²) in [5.41, 5.74) is 3.69. The van der Waals surface area contributed by atoms with E-state index in [2.05, 4.69) is 46.4 Å². The molecule has 1 aromatic heterocycles. The molecule has 4 heteroatoms. The SMILES string of the molecule is Cc1ccc2c(c1)[nH]c(=S)n2CC1CCCCS1. The Balaban J connectivity index is 1.95. The summed E-state index contributed by atoms with van der Waals surface area (Å²) in [6.45, 7) is 3.16. The first kappa shape index (κ1) is 12.3. The van der Waals surface area contributed by atoms with Crippen LogP contribution in [0.2, 0.25) is 0 Å². The predicted octanol–water partition coefficient (Wildman–Crippen LogP) is 4.29.